The summed E-state index contributed by atoms with van der Waals surface area (Å²) in [5.74, 6) is -0.359. The van der Waals surface area contributed by atoms with Gasteiger partial charge in [-0.05, 0) is 22.9 Å². The van der Waals surface area contributed by atoms with Gasteiger partial charge in [0.15, 0.2) is 0 Å². The van der Waals surface area contributed by atoms with E-state index in [2.05, 4.69) is 15.9 Å². The molecule has 0 aromatic carbocycles. The predicted molar refractivity (Wildman–Crippen MR) is 47.8 cm³/mol. The van der Waals surface area contributed by atoms with Gasteiger partial charge >= 0.3 is 5.97 Å². The van der Waals surface area contributed by atoms with Crippen molar-refractivity contribution in [3.63, 3.8) is 0 Å². The number of rotatable bonds is 0. The summed E-state index contributed by atoms with van der Waals surface area (Å²) in [7, 11) is 0. The Balaban J connectivity index is 2.74. The van der Waals surface area contributed by atoms with Gasteiger partial charge in [-0.2, -0.15) is 0 Å². The van der Waals surface area contributed by atoms with Crippen molar-refractivity contribution in [2.45, 2.75) is 38.5 Å². The van der Waals surface area contributed by atoms with Crippen LogP contribution in [0.3, 0.4) is 0 Å². The van der Waals surface area contributed by atoms with Crippen LogP contribution in [0, 0.1) is 5.41 Å². The summed E-state index contributed by atoms with van der Waals surface area (Å²) >= 11 is 3.14. The van der Waals surface area contributed by atoms with E-state index in [1.165, 1.54) is 0 Å². The van der Waals surface area contributed by atoms with E-state index in [1.807, 2.05) is 20.8 Å². The third-order valence-electron chi connectivity index (χ3n) is 1.61. The summed E-state index contributed by atoms with van der Waals surface area (Å²) in [5, 5.41) is 0. The number of carbonyl (C=O) groups excluding carboxylic acids is 1. The van der Waals surface area contributed by atoms with Gasteiger partial charge in [0.25, 0.3) is 0 Å². The summed E-state index contributed by atoms with van der Waals surface area (Å²) in [4.78, 5) is 11.2. The van der Waals surface area contributed by atoms with E-state index < -0.39 is 10.8 Å². The summed E-state index contributed by atoms with van der Waals surface area (Å²) in [5.41, 5.74) is -0.179. The highest BCUT2D eigenvalue weighted by Gasteiger charge is 2.48. The fraction of sp³-hybridized carbons (Fsp3) is 0.875. The topological polar surface area (TPSA) is 35.5 Å². The second-order valence-corrected chi connectivity index (χ2v) is 5.65. The van der Waals surface area contributed by atoms with E-state index in [1.54, 1.807) is 6.92 Å². The van der Waals surface area contributed by atoms with E-state index in [0.29, 0.717) is 0 Å². The zero-order chi connectivity index (χ0) is 9.57. The van der Waals surface area contributed by atoms with Gasteiger partial charge in [-0.25, -0.2) is 4.79 Å². The van der Waals surface area contributed by atoms with E-state index in [-0.39, 0.29) is 11.4 Å². The number of cyclic esters (lactones) is 1. The Hall–Kier alpha value is -0.0900. The molecule has 0 bridgehead atoms. The van der Waals surface area contributed by atoms with Crippen molar-refractivity contribution >= 4 is 21.9 Å². The number of hydrogen-bond donors (Lipinski definition) is 0. The molecular weight excluding hydrogens is 224 g/mol. The van der Waals surface area contributed by atoms with Crippen LogP contribution in [0.2, 0.25) is 0 Å². The third-order valence-corrected chi connectivity index (χ3v) is 2.12. The summed E-state index contributed by atoms with van der Waals surface area (Å²) in [6, 6.07) is 0. The van der Waals surface area contributed by atoms with Gasteiger partial charge < -0.3 is 9.47 Å². The molecule has 0 aliphatic carbocycles. The van der Waals surface area contributed by atoms with Gasteiger partial charge in [-0.1, -0.05) is 20.8 Å². The molecule has 0 spiro atoms. The fourth-order valence-corrected chi connectivity index (χ4v) is 1.09. The monoisotopic (exact) mass is 236 g/mol. The minimum Gasteiger partial charge on any atom is -0.432 e. The molecule has 1 fully saturated rings. The average Bonchev–Trinajstić information content (AvgIpc) is 2.06. The van der Waals surface area contributed by atoms with Crippen molar-refractivity contribution in [3.8, 4) is 0 Å². The molecule has 70 valence electrons. The summed E-state index contributed by atoms with van der Waals surface area (Å²) < 4.78 is 9.44. The Labute approximate surface area is 80.5 Å². The van der Waals surface area contributed by atoms with Crippen LogP contribution < -0.4 is 0 Å². The number of alkyl halides is 1. The third kappa shape index (κ3) is 1.80. The maximum atomic E-state index is 11.2. The molecule has 2 unspecified atom stereocenters. The first-order valence-electron chi connectivity index (χ1n) is 3.81. The van der Waals surface area contributed by atoms with Crippen LogP contribution in [0.4, 0.5) is 0 Å². The Bertz CT molecular complexity index is 205. The standard InChI is InChI=1S/C8H13BrO3/c1-7(2,3)6-11-5(10)8(4,9)12-6/h6H,1-4H3. The quantitative estimate of drug-likeness (QED) is 0.477. The van der Waals surface area contributed by atoms with Crippen molar-refractivity contribution in [1.29, 1.82) is 0 Å². The SMILES string of the molecule is CC1(Br)OC(C(C)(C)C)OC1=O. The first-order valence-corrected chi connectivity index (χ1v) is 4.60. The van der Waals surface area contributed by atoms with Crippen LogP contribution >= 0.6 is 15.9 Å². The highest BCUT2D eigenvalue weighted by atomic mass is 79.9. The second-order valence-electron chi connectivity index (χ2n) is 4.14. The molecule has 1 saturated heterocycles. The molecule has 12 heavy (non-hydrogen) atoms. The van der Waals surface area contributed by atoms with Crippen LogP contribution in [-0.2, 0) is 14.3 Å². The zero-order valence-electron chi connectivity index (χ0n) is 7.68. The Morgan fingerprint density at radius 1 is 1.50 bits per heavy atom. The number of carbonyl (C=O) groups is 1. The average molecular weight is 237 g/mol. The number of ether oxygens (including phenoxy) is 2. The second kappa shape index (κ2) is 2.70. The lowest BCUT2D eigenvalue weighted by Crippen LogP contribution is -2.29. The highest BCUT2D eigenvalue weighted by molar-refractivity contribution is 9.10. The highest BCUT2D eigenvalue weighted by Crippen LogP contribution is 2.37. The van der Waals surface area contributed by atoms with Gasteiger partial charge in [0.1, 0.15) is 0 Å². The molecule has 0 aromatic heterocycles. The molecule has 0 amide bonds. The largest absolute Gasteiger partial charge is 0.432 e. The first kappa shape index (κ1) is 9.99. The molecule has 0 radical (unpaired) electrons. The molecule has 0 saturated carbocycles. The van der Waals surface area contributed by atoms with Crippen molar-refractivity contribution in [3.05, 3.63) is 0 Å². The van der Waals surface area contributed by atoms with Crippen LogP contribution in [0.5, 0.6) is 0 Å². The summed E-state index contributed by atoms with van der Waals surface area (Å²) in [6.07, 6.45) is -0.464. The van der Waals surface area contributed by atoms with Crippen LogP contribution in [0.15, 0.2) is 0 Å². The van der Waals surface area contributed by atoms with Gasteiger partial charge in [0.05, 0.1) is 0 Å². The smallest absolute Gasteiger partial charge is 0.351 e. The lowest BCUT2D eigenvalue weighted by molar-refractivity contribution is -0.154. The molecule has 4 heteroatoms. The van der Waals surface area contributed by atoms with E-state index in [4.69, 9.17) is 9.47 Å². The lowest BCUT2D eigenvalue weighted by Gasteiger charge is -2.24. The molecule has 1 heterocycles. The minimum absolute atomic E-state index is 0.179. The van der Waals surface area contributed by atoms with E-state index >= 15 is 0 Å². The number of hydrogen-bond acceptors (Lipinski definition) is 3. The molecule has 3 nitrogen and oxygen atoms in total. The lowest BCUT2D eigenvalue weighted by atomic mass is 9.96. The van der Waals surface area contributed by atoms with Crippen molar-refractivity contribution in [2.24, 2.45) is 5.41 Å². The Morgan fingerprint density at radius 3 is 2.17 bits per heavy atom. The maximum Gasteiger partial charge on any atom is 0.351 e. The maximum absolute atomic E-state index is 11.2. The molecular formula is C8H13BrO3. The predicted octanol–water partition coefficient (Wildman–Crippen LogP) is 2.04. The molecule has 0 N–H and O–H groups in total. The molecule has 1 aliphatic rings. The van der Waals surface area contributed by atoms with E-state index in [9.17, 15) is 4.79 Å². The summed E-state index contributed by atoms with van der Waals surface area (Å²) in [6.45, 7) is 7.51. The van der Waals surface area contributed by atoms with Crippen molar-refractivity contribution in [1.82, 2.24) is 0 Å². The fourth-order valence-electron chi connectivity index (χ4n) is 0.829. The van der Waals surface area contributed by atoms with Crippen LogP contribution in [0.25, 0.3) is 0 Å². The number of esters is 1. The minimum atomic E-state index is -0.967. The molecule has 1 rings (SSSR count). The van der Waals surface area contributed by atoms with Gasteiger partial charge in [-0.15, -0.1) is 0 Å². The van der Waals surface area contributed by atoms with Crippen molar-refractivity contribution < 1.29 is 14.3 Å². The van der Waals surface area contributed by atoms with Crippen LogP contribution in [-0.4, -0.2) is 16.8 Å². The van der Waals surface area contributed by atoms with Gasteiger partial charge in [-0.3, -0.25) is 0 Å². The number of halogens is 1. The Morgan fingerprint density at radius 2 is 2.00 bits per heavy atom. The molecule has 1 aliphatic heterocycles. The van der Waals surface area contributed by atoms with Crippen LogP contribution in [0.1, 0.15) is 27.7 Å². The van der Waals surface area contributed by atoms with E-state index in [0.717, 1.165) is 0 Å². The van der Waals surface area contributed by atoms with Gasteiger partial charge in [0, 0.05) is 5.41 Å². The zero-order valence-corrected chi connectivity index (χ0v) is 9.27. The molecule has 0 aromatic rings. The first-order chi connectivity index (χ1) is 5.23. The van der Waals surface area contributed by atoms with Crippen molar-refractivity contribution in [2.75, 3.05) is 0 Å². The molecule has 2 atom stereocenters. The normalized spacial score (nSPS) is 36.8. The Kier molecular flexibility index (Phi) is 2.25. The van der Waals surface area contributed by atoms with Gasteiger partial charge in [0.2, 0.25) is 10.8 Å².